The van der Waals surface area contributed by atoms with E-state index in [1.165, 1.54) is 11.3 Å². The Hall–Kier alpha value is -0.580. The topological polar surface area (TPSA) is 24.5 Å². The van der Waals surface area contributed by atoms with Gasteiger partial charge in [-0.1, -0.05) is 35.8 Å². The number of hydrogen-bond acceptors (Lipinski definition) is 3. The molecular formula is C17H27BrN2O. The Balaban J connectivity index is 2.24. The van der Waals surface area contributed by atoms with Gasteiger partial charge < -0.3 is 15.0 Å². The number of benzene rings is 1. The van der Waals surface area contributed by atoms with Gasteiger partial charge in [0.2, 0.25) is 0 Å². The summed E-state index contributed by atoms with van der Waals surface area (Å²) < 4.78 is 6.98. The molecule has 4 heteroatoms. The van der Waals surface area contributed by atoms with E-state index in [0.717, 1.165) is 43.6 Å². The van der Waals surface area contributed by atoms with Crippen molar-refractivity contribution in [2.45, 2.75) is 52.3 Å². The molecule has 0 aromatic heterocycles. The summed E-state index contributed by atoms with van der Waals surface area (Å²) in [7, 11) is 0. The third-order valence-corrected chi connectivity index (χ3v) is 4.53. The summed E-state index contributed by atoms with van der Waals surface area (Å²) in [4.78, 5) is 2.53. The molecule has 3 nitrogen and oxygen atoms in total. The fraction of sp³-hybridized carbons (Fsp3) is 0.647. The summed E-state index contributed by atoms with van der Waals surface area (Å²) in [5.74, 6) is 0. The van der Waals surface area contributed by atoms with Crippen LogP contribution in [0.15, 0.2) is 22.7 Å². The van der Waals surface area contributed by atoms with Gasteiger partial charge in [-0.2, -0.15) is 0 Å². The van der Waals surface area contributed by atoms with E-state index in [1.807, 2.05) is 0 Å². The highest BCUT2D eigenvalue weighted by Gasteiger charge is 2.27. The van der Waals surface area contributed by atoms with E-state index in [0.29, 0.717) is 12.1 Å². The predicted molar refractivity (Wildman–Crippen MR) is 93.0 cm³/mol. The van der Waals surface area contributed by atoms with Gasteiger partial charge in [-0.25, -0.2) is 0 Å². The molecule has 1 heterocycles. The van der Waals surface area contributed by atoms with Crippen LogP contribution in [0, 0.1) is 0 Å². The van der Waals surface area contributed by atoms with Crippen LogP contribution in [0.1, 0.15) is 39.2 Å². The first-order valence-electron chi connectivity index (χ1n) is 8.03. The lowest BCUT2D eigenvalue weighted by atomic mass is 10.1. The Morgan fingerprint density at radius 3 is 2.90 bits per heavy atom. The molecule has 0 aliphatic carbocycles. The molecule has 1 N–H and O–H groups in total. The van der Waals surface area contributed by atoms with Gasteiger partial charge >= 0.3 is 0 Å². The molecular weight excluding hydrogens is 328 g/mol. The van der Waals surface area contributed by atoms with E-state index in [4.69, 9.17) is 4.74 Å². The van der Waals surface area contributed by atoms with Crippen LogP contribution in [0.25, 0.3) is 0 Å². The number of halogens is 1. The van der Waals surface area contributed by atoms with Gasteiger partial charge in [0.15, 0.2) is 0 Å². The number of morpholine rings is 1. The summed E-state index contributed by atoms with van der Waals surface area (Å²) in [6.07, 6.45) is 2.57. The fourth-order valence-corrected chi connectivity index (χ4v) is 3.18. The maximum absolute atomic E-state index is 5.83. The van der Waals surface area contributed by atoms with Gasteiger partial charge in [0, 0.05) is 23.2 Å². The predicted octanol–water partition coefficient (Wildman–Crippen LogP) is 3.95. The van der Waals surface area contributed by atoms with E-state index in [9.17, 15) is 0 Å². The molecule has 21 heavy (non-hydrogen) atoms. The molecule has 1 aromatic carbocycles. The zero-order valence-corrected chi connectivity index (χ0v) is 14.9. The van der Waals surface area contributed by atoms with Crippen LogP contribution in [-0.4, -0.2) is 31.8 Å². The van der Waals surface area contributed by atoms with E-state index < -0.39 is 0 Å². The van der Waals surface area contributed by atoms with Crippen LogP contribution in [-0.2, 0) is 11.3 Å². The third kappa shape index (κ3) is 4.44. The molecule has 2 rings (SSSR count). The first-order valence-corrected chi connectivity index (χ1v) is 8.82. The molecule has 1 aliphatic rings. The molecule has 118 valence electrons. The Kier molecular flexibility index (Phi) is 6.52. The van der Waals surface area contributed by atoms with Crippen molar-refractivity contribution in [1.29, 1.82) is 0 Å². The molecule has 1 saturated heterocycles. The Morgan fingerprint density at radius 2 is 2.19 bits per heavy atom. The van der Waals surface area contributed by atoms with Crippen molar-refractivity contribution in [2.24, 2.45) is 0 Å². The van der Waals surface area contributed by atoms with Crippen molar-refractivity contribution in [2.75, 3.05) is 24.6 Å². The van der Waals surface area contributed by atoms with Gasteiger partial charge in [-0.05, 0) is 44.0 Å². The van der Waals surface area contributed by atoms with Gasteiger partial charge in [0.25, 0.3) is 0 Å². The van der Waals surface area contributed by atoms with Crippen LogP contribution in [0.4, 0.5) is 5.69 Å². The van der Waals surface area contributed by atoms with Crippen LogP contribution >= 0.6 is 15.9 Å². The van der Waals surface area contributed by atoms with Crippen molar-refractivity contribution in [1.82, 2.24) is 5.32 Å². The molecule has 0 amide bonds. The van der Waals surface area contributed by atoms with Crippen molar-refractivity contribution < 1.29 is 4.74 Å². The monoisotopic (exact) mass is 354 g/mol. The minimum atomic E-state index is 0.295. The highest BCUT2D eigenvalue weighted by molar-refractivity contribution is 9.10. The smallest absolute Gasteiger partial charge is 0.0723 e. The molecule has 1 fully saturated rings. The largest absolute Gasteiger partial charge is 0.375 e. The molecule has 2 unspecified atom stereocenters. The number of ether oxygens (including phenoxy) is 1. The molecule has 0 bridgehead atoms. The number of anilines is 1. The van der Waals surface area contributed by atoms with E-state index >= 15 is 0 Å². The number of rotatable bonds is 6. The Morgan fingerprint density at radius 1 is 1.38 bits per heavy atom. The molecule has 1 aromatic rings. The van der Waals surface area contributed by atoms with Crippen LogP contribution in [0.3, 0.4) is 0 Å². The van der Waals surface area contributed by atoms with Crippen molar-refractivity contribution in [3.05, 3.63) is 28.2 Å². The van der Waals surface area contributed by atoms with E-state index in [1.54, 1.807) is 0 Å². The second-order valence-electron chi connectivity index (χ2n) is 5.81. The highest BCUT2D eigenvalue weighted by Crippen LogP contribution is 2.30. The normalized spacial score (nSPS) is 22.6. The quantitative estimate of drug-likeness (QED) is 0.782. The van der Waals surface area contributed by atoms with Gasteiger partial charge in [-0.3, -0.25) is 0 Å². The zero-order valence-electron chi connectivity index (χ0n) is 13.4. The SMILES string of the molecule is CCCNCc1ccc(Br)cc1N1CC(C)OCC1CC. The molecule has 1 aliphatic heterocycles. The second kappa shape index (κ2) is 8.16. The standard InChI is InChI=1S/C17H27BrN2O/c1-4-8-19-10-14-6-7-15(18)9-17(14)20-11-13(3)21-12-16(20)5-2/h6-7,9,13,16,19H,4-5,8,10-12H2,1-3H3. The first kappa shape index (κ1) is 16.8. The fourth-order valence-electron chi connectivity index (χ4n) is 2.83. The molecule has 0 spiro atoms. The molecule has 2 atom stereocenters. The highest BCUT2D eigenvalue weighted by atomic mass is 79.9. The van der Waals surface area contributed by atoms with Crippen molar-refractivity contribution in [3.63, 3.8) is 0 Å². The van der Waals surface area contributed by atoms with Gasteiger partial charge in [0.05, 0.1) is 18.8 Å². The zero-order chi connectivity index (χ0) is 15.2. The maximum atomic E-state index is 5.83. The number of nitrogens with zero attached hydrogens (tertiary/aromatic N) is 1. The molecule has 0 saturated carbocycles. The number of hydrogen-bond donors (Lipinski definition) is 1. The first-order chi connectivity index (χ1) is 10.2. The minimum Gasteiger partial charge on any atom is -0.375 e. The maximum Gasteiger partial charge on any atom is 0.0723 e. The average molecular weight is 355 g/mol. The third-order valence-electron chi connectivity index (χ3n) is 4.04. The second-order valence-corrected chi connectivity index (χ2v) is 6.72. The summed E-state index contributed by atoms with van der Waals surface area (Å²) in [6, 6.07) is 7.09. The van der Waals surface area contributed by atoms with Crippen LogP contribution in [0.5, 0.6) is 0 Å². The molecule has 0 radical (unpaired) electrons. The lowest BCUT2D eigenvalue weighted by Gasteiger charge is -2.41. The Bertz CT molecular complexity index is 452. The average Bonchev–Trinajstić information content (AvgIpc) is 2.49. The van der Waals surface area contributed by atoms with Crippen LogP contribution in [0.2, 0.25) is 0 Å². The van der Waals surface area contributed by atoms with Gasteiger partial charge in [0.1, 0.15) is 0 Å². The lowest BCUT2D eigenvalue weighted by molar-refractivity contribution is 0.0299. The lowest BCUT2D eigenvalue weighted by Crippen LogP contribution is -2.49. The van der Waals surface area contributed by atoms with Crippen molar-refractivity contribution in [3.8, 4) is 0 Å². The minimum absolute atomic E-state index is 0.295. The summed E-state index contributed by atoms with van der Waals surface area (Å²) in [6.45, 7) is 10.4. The van der Waals surface area contributed by atoms with E-state index in [2.05, 4.69) is 65.1 Å². The van der Waals surface area contributed by atoms with Crippen molar-refractivity contribution >= 4 is 21.6 Å². The van der Waals surface area contributed by atoms with Crippen LogP contribution < -0.4 is 10.2 Å². The summed E-state index contributed by atoms with van der Waals surface area (Å²) >= 11 is 3.62. The summed E-state index contributed by atoms with van der Waals surface area (Å²) in [5.41, 5.74) is 2.72. The Labute approximate surface area is 137 Å². The van der Waals surface area contributed by atoms with Gasteiger partial charge in [-0.15, -0.1) is 0 Å². The van der Waals surface area contributed by atoms with E-state index in [-0.39, 0.29) is 0 Å². The summed E-state index contributed by atoms with van der Waals surface area (Å²) in [5, 5.41) is 3.52. The number of nitrogens with one attached hydrogen (secondary N) is 1.